The van der Waals surface area contributed by atoms with E-state index in [1.165, 1.54) is 84.8 Å². The number of allylic oxidation sites excluding steroid dienone is 4. The van der Waals surface area contributed by atoms with E-state index in [1.807, 2.05) is 0 Å². The first-order chi connectivity index (χ1) is 31.2. The van der Waals surface area contributed by atoms with Gasteiger partial charge in [-0.05, 0) is 209 Å². The minimum atomic E-state index is -3.11. The average Bonchev–Trinajstić information content (AvgIpc) is 4.17. The highest BCUT2D eigenvalue weighted by Crippen LogP contribution is 2.62. The zero-order valence-corrected chi connectivity index (χ0v) is 43.8. The Labute approximate surface area is 401 Å². The third-order valence-corrected chi connectivity index (χ3v) is 24.2. The first-order valence-electron chi connectivity index (χ1n) is 27.2. The molecule has 0 aromatic heterocycles. The van der Waals surface area contributed by atoms with Crippen molar-refractivity contribution in [3.05, 3.63) is 69.9 Å². The molecule has 0 aromatic rings. The maximum atomic E-state index is 13.3. The van der Waals surface area contributed by atoms with Gasteiger partial charge in [0, 0.05) is 0 Å². The molecule has 0 radical (unpaired) electrons. The van der Waals surface area contributed by atoms with Gasteiger partial charge in [-0.15, -0.1) is 0 Å². The predicted molar refractivity (Wildman–Crippen MR) is 271 cm³/mol. The molecule has 2 unspecified atom stereocenters. The van der Waals surface area contributed by atoms with Gasteiger partial charge in [0.25, 0.3) is 0 Å². The van der Waals surface area contributed by atoms with Crippen molar-refractivity contribution in [2.75, 3.05) is 11.5 Å². The lowest BCUT2D eigenvalue weighted by molar-refractivity contribution is 0.111. The lowest BCUT2D eigenvalue weighted by Crippen LogP contribution is -2.36. The van der Waals surface area contributed by atoms with Crippen molar-refractivity contribution in [3.63, 3.8) is 0 Å². The van der Waals surface area contributed by atoms with Crippen LogP contribution in [0.1, 0.15) is 171 Å². The maximum Gasteiger partial charge on any atom is 0.164 e. The van der Waals surface area contributed by atoms with E-state index in [2.05, 4.69) is 91.8 Å². The second kappa shape index (κ2) is 18.8. The molecular weight excluding hydrogens is 857 g/mol. The van der Waals surface area contributed by atoms with Gasteiger partial charge in [-0.3, -0.25) is 0 Å². The van der Waals surface area contributed by atoms with Crippen LogP contribution in [0.5, 0.6) is 0 Å². The van der Waals surface area contributed by atoms with Gasteiger partial charge in [0.1, 0.15) is 10.5 Å². The van der Waals surface area contributed by atoms with Crippen molar-refractivity contribution in [1.82, 2.24) is 0 Å². The zero-order valence-electron chi connectivity index (χ0n) is 42.2. The van der Waals surface area contributed by atoms with Gasteiger partial charge in [-0.2, -0.15) is 0 Å². The molecule has 2 heterocycles. The van der Waals surface area contributed by atoms with Crippen LogP contribution in [0.25, 0.3) is 0 Å². The molecule has 10 rings (SSSR count). The van der Waals surface area contributed by atoms with Crippen molar-refractivity contribution in [1.29, 1.82) is 0 Å². The highest BCUT2D eigenvalue weighted by Gasteiger charge is 2.53. The minimum Gasteiger partial charge on any atom is -0.389 e. The Hall–Kier alpha value is -1.74. The molecule has 0 saturated heterocycles. The fourth-order valence-corrected chi connectivity index (χ4v) is 20.8. The van der Waals surface area contributed by atoms with Crippen molar-refractivity contribution < 1.29 is 27.0 Å². The number of sulfone groups is 2. The summed E-state index contributed by atoms with van der Waals surface area (Å²) in [6.45, 7) is 18.6. The third kappa shape index (κ3) is 9.57. The molecule has 8 heteroatoms. The zero-order chi connectivity index (χ0) is 47.1. The van der Waals surface area contributed by atoms with E-state index in [1.54, 1.807) is 0 Å². The largest absolute Gasteiger partial charge is 0.389 e. The van der Waals surface area contributed by atoms with Gasteiger partial charge in [-0.1, -0.05) is 114 Å². The number of hydrogen-bond acceptors (Lipinski definition) is 6. The van der Waals surface area contributed by atoms with E-state index in [0.29, 0.717) is 82.5 Å². The van der Waals surface area contributed by atoms with Gasteiger partial charge < -0.3 is 10.2 Å². The third-order valence-electron chi connectivity index (χ3n) is 20.3. The van der Waals surface area contributed by atoms with E-state index in [0.717, 1.165) is 64.2 Å². The van der Waals surface area contributed by atoms with Crippen molar-refractivity contribution in [3.8, 4) is 0 Å². The minimum absolute atomic E-state index is 0.241. The quantitative estimate of drug-likeness (QED) is 0.211. The van der Waals surface area contributed by atoms with E-state index in [-0.39, 0.29) is 33.5 Å². The fourth-order valence-electron chi connectivity index (χ4n) is 16.5. The van der Waals surface area contributed by atoms with E-state index < -0.39 is 19.7 Å². The van der Waals surface area contributed by atoms with E-state index in [9.17, 15) is 27.0 Å². The fraction of sp³-hybridized carbons (Fsp3) is 0.793. The van der Waals surface area contributed by atoms with Crippen LogP contribution in [0.2, 0.25) is 0 Å². The molecule has 10 aliphatic rings. The molecule has 8 aliphatic carbocycles. The summed E-state index contributed by atoms with van der Waals surface area (Å²) in [5.41, 5.74) is 8.34. The topological polar surface area (TPSA) is 109 Å². The van der Waals surface area contributed by atoms with Crippen LogP contribution < -0.4 is 0 Å². The first-order valence-corrected chi connectivity index (χ1v) is 30.6. The summed E-state index contributed by atoms with van der Waals surface area (Å²) in [4.78, 5) is 0. The molecular formula is C58H88O6S2. The Balaban J connectivity index is 0.000000166. The standard InChI is InChI=1S/2C29H44O3S/c2*1-18-14-20(3)24-17-33(31,32)28(23(24)15-18)16-22-6-5-13-29(4)25(10-11-26(22)29)19(2)7-12-27(30)21-8-9-21/h2*7,12,16,18-21,25-28,30H,5-6,8-11,13-15,17H2,1-4H3/b2*12-7+,22-16+/t18-,19+,20-,25-,26-,27+,28?,29+;18-,19+,20-,25-,26-,27-,28?,29+/m00/s1. The highest BCUT2D eigenvalue weighted by molar-refractivity contribution is 7.93. The van der Waals surface area contributed by atoms with Crippen LogP contribution >= 0.6 is 0 Å². The molecule has 0 aromatic carbocycles. The molecule has 16 atom stereocenters. The van der Waals surface area contributed by atoms with E-state index >= 15 is 0 Å². The molecule has 6 nitrogen and oxygen atoms in total. The molecule has 66 heavy (non-hydrogen) atoms. The summed E-state index contributed by atoms with van der Waals surface area (Å²) >= 11 is 0. The second-order valence-corrected chi connectivity index (χ2v) is 29.5. The van der Waals surface area contributed by atoms with Crippen LogP contribution in [0, 0.1) is 81.8 Å². The summed E-state index contributed by atoms with van der Waals surface area (Å²) in [6, 6.07) is 0. The SMILES string of the molecule is C[C@@H]1CC2=C(CS(=O)(=O)C2/C=C2\CCC[C@@]3(C)[C@H]2CC[C@H]3[C@H](C)/C=C/[C@@H](O)C2CC2)[C@@H](C)C1.C[C@@H]1CC2=C(CS(=O)(=O)C2/C=C2\CCC[C@@]3(C)[C@H]2CC[C@H]3[C@H](C)/C=C/[C@H](O)C2CC2)[C@@H](C)C1. The Bertz CT molecular complexity index is 2100. The van der Waals surface area contributed by atoms with Crippen LogP contribution in [0.3, 0.4) is 0 Å². The predicted octanol–water partition coefficient (Wildman–Crippen LogP) is 12.5. The molecule has 0 bridgehead atoms. The summed E-state index contributed by atoms with van der Waals surface area (Å²) < 4.78 is 53.2. The Morgan fingerprint density at radius 2 is 0.924 bits per heavy atom. The second-order valence-electron chi connectivity index (χ2n) is 25.3. The molecule has 6 saturated carbocycles. The smallest absolute Gasteiger partial charge is 0.164 e. The van der Waals surface area contributed by atoms with Crippen molar-refractivity contribution >= 4 is 19.7 Å². The van der Waals surface area contributed by atoms with Gasteiger partial charge in [-0.25, -0.2) is 16.8 Å². The Morgan fingerprint density at radius 3 is 1.29 bits per heavy atom. The number of hydrogen-bond donors (Lipinski definition) is 2. The lowest BCUT2D eigenvalue weighted by atomic mass is 9.61. The van der Waals surface area contributed by atoms with E-state index in [4.69, 9.17) is 0 Å². The Morgan fingerprint density at radius 1 is 0.545 bits per heavy atom. The molecule has 0 spiro atoms. The highest BCUT2D eigenvalue weighted by atomic mass is 32.2. The number of aliphatic hydroxyl groups is 2. The van der Waals surface area contributed by atoms with Crippen molar-refractivity contribution in [2.24, 2.45) is 81.8 Å². The summed E-state index contributed by atoms with van der Waals surface area (Å²) in [5.74, 6) is 6.70. The summed E-state index contributed by atoms with van der Waals surface area (Å²) in [5, 5.41) is 19.9. The lowest BCUT2D eigenvalue weighted by Gasteiger charge is -2.44. The molecule has 6 fully saturated rings. The van der Waals surface area contributed by atoms with Gasteiger partial charge >= 0.3 is 0 Å². The summed E-state index contributed by atoms with van der Waals surface area (Å²) in [6.07, 6.45) is 33.2. The molecule has 2 aliphatic heterocycles. The average molecular weight is 945 g/mol. The first kappa shape index (κ1) is 49.2. The van der Waals surface area contributed by atoms with Crippen molar-refractivity contribution in [2.45, 2.75) is 194 Å². The molecule has 0 amide bonds. The Kier molecular flexibility index (Phi) is 14.0. The van der Waals surface area contributed by atoms with Gasteiger partial charge in [0.2, 0.25) is 0 Å². The van der Waals surface area contributed by atoms with Gasteiger partial charge in [0.15, 0.2) is 19.7 Å². The number of aliphatic hydroxyl groups excluding tert-OH is 2. The van der Waals surface area contributed by atoms with Crippen LogP contribution in [-0.2, 0) is 19.7 Å². The van der Waals surface area contributed by atoms with Crippen LogP contribution in [0.15, 0.2) is 69.9 Å². The monoisotopic (exact) mass is 945 g/mol. The normalized spacial score (nSPS) is 43.7. The molecule has 368 valence electrons. The van der Waals surface area contributed by atoms with Crippen LogP contribution in [0.4, 0.5) is 0 Å². The molecule has 2 N–H and O–H groups in total. The summed E-state index contributed by atoms with van der Waals surface area (Å²) in [7, 11) is -6.23. The number of rotatable bonds is 10. The van der Waals surface area contributed by atoms with Crippen LogP contribution in [-0.4, -0.2) is 61.3 Å². The maximum absolute atomic E-state index is 13.3. The number of fused-ring (bicyclic) bond motifs is 2. The van der Waals surface area contributed by atoms with Gasteiger partial charge in [0.05, 0.1) is 23.7 Å².